The number of aryl methyl sites for hydroxylation is 1. The lowest BCUT2D eigenvalue weighted by Crippen LogP contribution is -2.20. The number of benzene rings is 1. The second-order valence-electron chi connectivity index (χ2n) is 8.87. The number of carbonyl (C=O) groups excluding carboxylic acids is 1. The van der Waals surface area contributed by atoms with E-state index in [2.05, 4.69) is 30.9 Å². The normalized spacial score (nSPS) is 18.6. The fraction of sp³-hybridized carbons (Fsp3) is 0.292. The van der Waals surface area contributed by atoms with E-state index in [1.165, 1.54) is 0 Å². The van der Waals surface area contributed by atoms with Gasteiger partial charge >= 0.3 is 0 Å². The van der Waals surface area contributed by atoms with E-state index < -0.39 is 0 Å². The molecule has 2 atom stereocenters. The molecule has 4 N–H and O–H groups in total. The van der Waals surface area contributed by atoms with Crippen LogP contribution in [-0.2, 0) is 11.8 Å². The van der Waals surface area contributed by atoms with Gasteiger partial charge in [0, 0.05) is 42.9 Å². The van der Waals surface area contributed by atoms with Gasteiger partial charge in [0.1, 0.15) is 17.8 Å². The van der Waals surface area contributed by atoms with Crippen LogP contribution in [0.2, 0.25) is 0 Å². The molecule has 1 fully saturated rings. The van der Waals surface area contributed by atoms with Crippen molar-refractivity contribution in [2.75, 3.05) is 29.5 Å². The smallest absolute Gasteiger partial charge is 0.237 e. The second kappa shape index (κ2) is 7.68. The van der Waals surface area contributed by atoms with Gasteiger partial charge in [-0.15, -0.1) is 10.2 Å². The van der Waals surface area contributed by atoms with Gasteiger partial charge in [-0.05, 0) is 54.2 Å². The Bertz CT molecular complexity index is 1450. The molecule has 2 unspecified atom stereocenters. The number of nitrogens with one attached hydrogen (secondary N) is 2. The number of fused-ring (bicyclic) bond motifs is 2. The number of rotatable bonds is 4. The molecule has 1 saturated carbocycles. The van der Waals surface area contributed by atoms with Crippen LogP contribution >= 0.6 is 0 Å². The lowest BCUT2D eigenvalue weighted by molar-refractivity contribution is -0.117. The maximum atomic E-state index is 12.8. The molecule has 4 aromatic rings. The number of carbonyl (C=O) groups is 1. The van der Waals surface area contributed by atoms with Crippen molar-refractivity contribution in [1.29, 1.82) is 0 Å². The molecule has 0 saturated heterocycles. The van der Waals surface area contributed by atoms with Gasteiger partial charge in [0.25, 0.3) is 0 Å². The maximum absolute atomic E-state index is 12.8. The van der Waals surface area contributed by atoms with E-state index in [-0.39, 0.29) is 17.7 Å². The summed E-state index contributed by atoms with van der Waals surface area (Å²) in [5, 5.41) is 19.7. The van der Waals surface area contributed by atoms with Crippen LogP contribution in [0.25, 0.3) is 22.0 Å². The Morgan fingerprint density at radius 2 is 2.15 bits per heavy atom. The lowest BCUT2D eigenvalue weighted by Gasteiger charge is -2.21. The van der Waals surface area contributed by atoms with Crippen LogP contribution in [0, 0.1) is 12.8 Å². The van der Waals surface area contributed by atoms with Gasteiger partial charge in [0.05, 0.1) is 11.9 Å². The quantitative estimate of drug-likeness (QED) is 0.399. The minimum atomic E-state index is -0.0861. The van der Waals surface area contributed by atoms with Crippen LogP contribution in [0.4, 0.5) is 17.2 Å². The summed E-state index contributed by atoms with van der Waals surface area (Å²) in [6, 6.07) is 5.67. The molecule has 10 heteroatoms. The summed E-state index contributed by atoms with van der Waals surface area (Å²) in [6.45, 7) is 3.36. The Labute approximate surface area is 195 Å². The van der Waals surface area contributed by atoms with Crippen molar-refractivity contribution >= 4 is 34.0 Å². The second-order valence-corrected chi connectivity index (χ2v) is 8.87. The summed E-state index contributed by atoms with van der Waals surface area (Å²) >= 11 is 0. The zero-order valence-electron chi connectivity index (χ0n) is 18.9. The first-order valence-electron chi connectivity index (χ1n) is 11.2. The molecule has 1 amide bonds. The molecule has 4 heterocycles. The van der Waals surface area contributed by atoms with Gasteiger partial charge < -0.3 is 21.1 Å². The average Bonchev–Trinajstić information content (AvgIpc) is 3.52. The molecule has 0 bridgehead atoms. The Kier molecular flexibility index (Phi) is 4.61. The van der Waals surface area contributed by atoms with E-state index in [1.807, 2.05) is 44.6 Å². The Hall–Kier alpha value is -4.21. The molecule has 1 aromatic carbocycles. The molecule has 6 rings (SSSR count). The van der Waals surface area contributed by atoms with Crippen molar-refractivity contribution in [2.24, 2.45) is 13.0 Å². The summed E-state index contributed by atoms with van der Waals surface area (Å²) in [6.07, 6.45) is 6.37. The Morgan fingerprint density at radius 1 is 1.26 bits per heavy atom. The highest BCUT2D eigenvalue weighted by atomic mass is 16.5. The van der Waals surface area contributed by atoms with Crippen LogP contribution in [0.5, 0.6) is 5.88 Å². The van der Waals surface area contributed by atoms with Gasteiger partial charge in [0.2, 0.25) is 11.8 Å². The number of ether oxygens (including phenoxy) is 1. The SMILES string of the molecule is Cc1c(-c2cc(N)c3nnc(NC(=O)C4CC4c4cnn(C)c4)cc3c2)cnc2c1NCCO2. The molecule has 0 radical (unpaired) electrons. The summed E-state index contributed by atoms with van der Waals surface area (Å²) in [5.41, 5.74) is 12.3. The predicted octanol–water partition coefficient (Wildman–Crippen LogP) is 2.86. The minimum Gasteiger partial charge on any atom is -0.474 e. The summed E-state index contributed by atoms with van der Waals surface area (Å²) in [7, 11) is 1.87. The summed E-state index contributed by atoms with van der Waals surface area (Å²) in [5.74, 6) is 1.06. The van der Waals surface area contributed by atoms with Crippen LogP contribution < -0.4 is 21.1 Å². The number of anilines is 3. The third kappa shape index (κ3) is 3.47. The molecular formula is C24H24N8O2. The molecule has 10 nitrogen and oxygen atoms in total. The first kappa shape index (κ1) is 20.4. The highest BCUT2D eigenvalue weighted by Crippen LogP contribution is 2.47. The monoisotopic (exact) mass is 456 g/mol. The average molecular weight is 457 g/mol. The standard InChI is InChI=1S/C24H24N8O2/c1-12-18(10-27-24-21(12)26-3-4-34-24)13-5-14-7-20(30-31-22(14)19(25)6-13)29-23(33)17-8-16(17)15-9-28-32(2)11-15/h5-7,9-11,16-17,26H,3-4,8,25H2,1-2H3,(H,29,30,33). The van der Waals surface area contributed by atoms with Gasteiger partial charge in [-0.25, -0.2) is 4.98 Å². The largest absolute Gasteiger partial charge is 0.474 e. The Balaban J connectivity index is 1.28. The number of aromatic nitrogens is 5. The van der Waals surface area contributed by atoms with Gasteiger partial charge in [-0.3, -0.25) is 9.48 Å². The third-order valence-electron chi connectivity index (χ3n) is 6.51. The number of nitrogens with two attached hydrogens (primary N) is 1. The molecule has 1 aliphatic carbocycles. The fourth-order valence-corrected chi connectivity index (χ4v) is 4.62. The van der Waals surface area contributed by atoms with Crippen molar-refractivity contribution in [3.63, 3.8) is 0 Å². The van der Waals surface area contributed by atoms with Crippen molar-refractivity contribution in [3.8, 4) is 17.0 Å². The van der Waals surface area contributed by atoms with Crippen LogP contribution in [-0.4, -0.2) is 44.0 Å². The maximum Gasteiger partial charge on any atom is 0.237 e. The topological polar surface area (TPSA) is 133 Å². The van der Waals surface area contributed by atoms with E-state index in [0.717, 1.165) is 46.3 Å². The molecule has 3 aromatic heterocycles. The highest BCUT2D eigenvalue weighted by Gasteiger charge is 2.44. The van der Waals surface area contributed by atoms with E-state index in [9.17, 15) is 4.79 Å². The predicted molar refractivity (Wildman–Crippen MR) is 129 cm³/mol. The van der Waals surface area contributed by atoms with E-state index in [1.54, 1.807) is 10.9 Å². The number of nitrogen functional groups attached to an aromatic ring is 1. The highest BCUT2D eigenvalue weighted by molar-refractivity contribution is 5.98. The number of hydrogen-bond donors (Lipinski definition) is 3. The molecule has 34 heavy (non-hydrogen) atoms. The lowest BCUT2D eigenvalue weighted by atomic mass is 9.99. The first-order valence-corrected chi connectivity index (χ1v) is 11.2. The molecule has 2 aliphatic rings. The van der Waals surface area contributed by atoms with Gasteiger partial charge in [-0.2, -0.15) is 5.10 Å². The number of amides is 1. The summed E-state index contributed by atoms with van der Waals surface area (Å²) < 4.78 is 7.39. The molecule has 0 spiro atoms. The van der Waals surface area contributed by atoms with Gasteiger partial charge in [-0.1, -0.05) is 0 Å². The van der Waals surface area contributed by atoms with Crippen molar-refractivity contribution in [2.45, 2.75) is 19.3 Å². The van der Waals surface area contributed by atoms with Crippen LogP contribution in [0.3, 0.4) is 0 Å². The zero-order chi connectivity index (χ0) is 23.4. The number of hydrogen-bond acceptors (Lipinski definition) is 8. The van der Waals surface area contributed by atoms with Crippen LogP contribution in [0.1, 0.15) is 23.5 Å². The van der Waals surface area contributed by atoms with E-state index in [0.29, 0.717) is 29.5 Å². The minimum absolute atomic E-state index is 0.0626. The van der Waals surface area contributed by atoms with Crippen molar-refractivity contribution < 1.29 is 9.53 Å². The number of pyridine rings is 1. The number of nitrogens with zero attached hydrogens (tertiary/aromatic N) is 5. The molecule has 1 aliphatic heterocycles. The van der Waals surface area contributed by atoms with Crippen molar-refractivity contribution in [3.05, 3.63) is 47.9 Å². The van der Waals surface area contributed by atoms with Crippen molar-refractivity contribution in [1.82, 2.24) is 25.0 Å². The van der Waals surface area contributed by atoms with Crippen LogP contribution in [0.15, 0.2) is 36.8 Å². The van der Waals surface area contributed by atoms with E-state index >= 15 is 0 Å². The molecule has 172 valence electrons. The Morgan fingerprint density at radius 3 is 2.97 bits per heavy atom. The third-order valence-corrected chi connectivity index (χ3v) is 6.51. The first-order chi connectivity index (χ1) is 16.5. The fourth-order valence-electron chi connectivity index (χ4n) is 4.62. The molecular weight excluding hydrogens is 432 g/mol. The summed E-state index contributed by atoms with van der Waals surface area (Å²) in [4.78, 5) is 17.2. The van der Waals surface area contributed by atoms with Gasteiger partial charge in [0.15, 0.2) is 5.82 Å². The van der Waals surface area contributed by atoms with E-state index in [4.69, 9.17) is 10.5 Å². The zero-order valence-corrected chi connectivity index (χ0v) is 18.9.